The van der Waals surface area contributed by atoms with E-state index in [1.165, 1.54) is 6.07 Å². The molecule has 3 rings (SSSR count). The molecule has 0 bridgehead atoms. The van der Waals surface area contributed by atoms with Gasteiger partial charge in [0.2, 0.25) is 5.91 Å². The van der Waals surface area contributed by atoms with Gasteiger partial charge in [-0.05, 0) is 51.8 Å². The van der Waals surface area contributed by atoms with E-state index in [4.69, 9.17) is 0 Å². The minimum atomic E-state index is -4.42. The van der Waals surface area contributed by atoms with Crippen molar-refractivity contribution in [3.63, 3.8) is 0 Å². The molecule has 2 fully saturated rings. The maximum atomic E-state index is 13.6. The number of amides is 1. The zero-order valence-electron chi connectivity index (χ0n) is 14.9. The van der Waals surface area contributed by atoms with Crippen molar-refractivity contribution < 1.29 is 18.0 Å². The van der Waals surface area contributed by atoms with Gasteiger partial charge in [0.15, 0.2) is 0 Å². The Morgan fingerprint density at radius 3 is 2.44 bits per heavy atom. The van der Waals surface area contributed by atoms with Gasteiger partial charge in [0.25, 0.3) is 0 Å². The molecule has 1 spiro atoms. The third-order valence-corrected chi connectivity index (χ3v) is 5.57. The number of rotatable bonds is 1. The van der Waals surface area contributed by atoms with Gasteiger partial charge in [-0.25, -0.2) is 0 Å². The molecule has 2 heterocycles. The van der Waals surface area contributed by atoms with E-state index >= 15 is 0 Å². The molecule has 1 N–H and O–H groups in total. The lowest BCUT2D eigenvalue weighted by molar-refractivity contribution is -0.142. The number of halogens is 3. The molecular formula is C19H25F3N2O. The van der Waals surface area contributed by atoms with Gasteiger partial charge in [-0.1, -0.05) is 18.2 Å². The second-order valence-corrected chi connectivity index (χ2v) is 8.16. The molecule has 2 aliphatic heterocycles. The molecule has 1 amide bonds. The summed E-state index contributed by atoms with van der Waals surface area (Å²) in [5.41, 5.74) is -1.57. The lowest BCUT2D eigenvalue weighted by atomic mass is 9.68. The minimum absolute atomic E-state index is 0.0193. The molecular weight excluding hydrogens is 329 g/mol. The highest BCUT2D eigenvalue weighted by molar-refractivity contribution is 5.88. The monoisotopic (exact) mass is 354 g/mol. The van der Waals surface area contributed by atoms with Crippen LogP contribution in [0.3, 0.4) is 0 Å². The Morgan fingerprint density at radius 2 is 1.88 bits per heavy atom. The van der Waals surface area contributed by atoms with E-state index < -0.39 is 28.6 Å². The maximum Gasteiger partial charge on any atom is 0.416 e. The van der Waals surface area contributed by atoms with Crippen molar-refractivity contribution in [2.24, 2.45) is 5.41 Å². The highest BCUT2D eigenvalue weighted by Crippen LogP contribution is 2.51. The van der Waals surface area contributed by atoms with Crippen LogP contribution in [-0.2, 0) is 11.0 Å². The summed E-state index contributed by atoms with van der Waals surface area (Å²) in [7, 11) is 0. The molecule has 6 heteroatoms. The Labute approximate surface area is 146 Å². The normalized spacial score (nSPS) is 28.0. The van der Waals surface area contributed by atoms with Crippen molar-refractivity contribution in [1.29, 1.82) is 0 Å². The van der Waals surface area contributed by atoms with E-state index in [1.54, 1.807) is 17.0 Å². The van der Waals surface area contributed by atoms with E-state index in [2.05, 4.69) is 5.32 Å². The Kier molecular flexibility index (Phi) is 4.38. The molecule has 0 radical (unpaired) electrons. The number of likely N-dealkylation sites (tertiary alicyclic amines) is 1. The second-order valence-electron chi connectivity index (χ2n) is 8.16. The predicted molar refractivity (Wildman–Crippen MR) is 90.2 cm³/mol. The minimum Gasteiger partial charge on any atom is -0.337 e. The zero-order valence-corrected chi connectivity index (χ0v) is 14.9. The topological polar surface area (TPSA) is 32.3 Å². The number of alkyl halides is 3. The number of hydrogen-bond acceptors (Lipinski definition) is 2. The summed E-state index contributed by atoms with van der Waals surface area (Å²) >= 11 is 0. The zero-order chi connectivity index (χ0) is 18.5. The molecule has 138 valence electrons. The van der Waals surface area contributed by atoms with Crippen LogP contribution < -0.4 is 5.32 Å². The van der Waals surface area contributed by atoms with Crippen LogP contribution in [0.25, 0.3) is 0 Å². The van der Waals surface area contributed by atoms with Crippen LogP contribution in [-0.4, -0.2) is 36.0 Å². The Balaban J connectivity index is 2.12. The predicted octanol–water partition coefficient (Wildman–Crippen LogP) is 3.80. The summed E-state index contributed by atoms with van der Waals surface area (Å²) in [5.74, 6) is -0.473. The van der Waals surface area contributed by atoms with Crippen molar-refractivity contribution >= 4 is 5.91 Å². The van der Waals surface area contributed by atoms with Crippen LogP contribution in [0.5, 0.6) is 0 Å². The summed E-state index contributed by atoms with van der Waals surface area (Å²) < 4.78 is 40.7. The number of hydrogen-bond donors (Lipinski definition) is 1. The molecule has 1 aromatic rings. The molecule has 0 unspecified atom stereocenters. The molecule has 1 aromatic carbocycles. The number of carbonyl (C=O) groups is 1. The van der Waals surface area contributed by atoms with E-state index in [0.29, 0.717) is 19.5 Å². The summed E-state index contributed by atoms with van der Waals surface area (Å²) in [6.45, 7) is 7.39. The highest BCUT2D eigenvalue weighted by Gasteiger charge is 2.57. The summed E-state index contributed by atoms with van der Waals surface area (Å²) in [5, 5.41) is 3.25. The van der Waals surface area contributed by atoms with Crippen LogP contribution in [0.1, 0.15) is 50.7 Å². The van der Waals surface area contributed by atoms with E-state index in [9.17, 15) is 18.0 Å². The van der Waals surface area contributed by atoms with Crippen LogP contribution in [0.2, 0.25) is 0 Å². The molecule has 0 aliphatic carbocycles. The summed E-state index contributed by atoms with van der Waals surface area (Å²) in [6.07, 6.45) is -2.99. The van der Waals surface area contributed by atoms with Crippen molar-refractivity contribution in [2.75, 3.05) is 19.6 Å². The quantitative estimate of drug-likeness (QED) is 0.832. The van der Waals surface area contributed by atoms with Gasteiger partial charge in [-0.2, -0.15) is 13.2 Å². The molecule has 0 aromatic heterocycles. The van der Waals surface area contributed by atoms with Crippen LogP contribution >= 0.6 is 0 Å². The van der Waals surface area contributed by atoms with Gasteiger partial charge >= 0.3 is 6.18 Å². The summed E-state index contributed by atoms with van der Waals surface area (Å²) in [4.78, 5) is 15.0. The van der Waals surface area contributed by atoms with Gasteiger partial charge in [0.1, 0.15) is 0 Å². The maximum absolute atomic E-state index is 13.6. The second kappa shape index (κ2) is 6.01. The molecule has 2 atom stereocenters. The Morgan fingerprint density at radius 1 is 1.20 bits per heavy atom. The fourth-order valence-electron chi connectivity index (χ4n) is 4.30. The highest BCUT2D eigenvalue weighted by atomic mass is 19.4. The lowest BCUT2D eigenvalue weighted by Crippen LogP contribution is -2.51. The van der Waals surface area contributed by atoms with Gasteiger partial charge < -0.3 is 10.2 Å². The molecule has 3 nitrogen and oxygen atoms in total. The van der Waals surface area contributed by atoms with E-state index in [0.717, 1.165) is 19.0 Å². The first-order valence-corrected chi connectivity index (χ1v) is 8.76. The smallest absolute Gasteiger partial charge is 0.337 e. The average Bonchev–Trinajstić information content (AvgIpc) is 2.80. The number of nitrogens with zero attached hydrogens (tertiary/aromatic N) is 1. The third-order valence-electron chi connectivity index (χ3n) is 5.57. The molecule has 25 heavy (non-hydrogen) atoms. The summed E-state index contributed by atoms with van der Waals surface area (Å²) in [6, 6.07) is 5.72. The van der Waals surface area contributed by atoms with Gasteiger partial charge in [-0.15, -0.1) is 0 Å². The van der Waals surface area contributed by atoms with Gasteiger partial charge in [0, 0.05) is 24.5 Å². The van der Waals surface area contributed by atoms with E-state index in [1.807, 2.05) is 20.8 Å². The molecule has 0 saturated carbocycles. The van der Waals surface area contributed by atoms with Crippen molar-refractivity contribution in [3.05, 3.63) is 35.4 Å². The molecule has 2 saturated heterocycles. The van der Waals surface area contributed by atoms with E-state index in [-0.39, 0.29) is 11.5 Å². The standard InChI is InChI=1S/C19H25F3N2O/c1-17(2,3)24-11-15(18(16(24)25)9-6-10-23-12-18)13-7-4-5-8-14(13)19(20,21)22/h4-5,7-8,15,23H,6,9-12H2,1-3H3/t15-,18-/m1/s1. The fraction of sp³-hybridized carbons (Fsp3) is 0.632. The number of carbonyl (C=O) groups excluding carboxylic acids is 1. The first-order chi connectivity index (χ1) is 11.6. The van der Waals surface area contributed by atoms with Crippen molar-refractivity contribution in [1.82, 2.24) is 10.2 Å². The van der Waals surface area contributed by atoms with Crippen LogP contribution in [0.4, 0.5) is 13.2 Å². The largest absolute Gasteiger partial charge is 0.416 e. The van der Waals surface area contributed by atoms with Crippen molar-refractivity contribution in [3.8, 4) is 0 Å². The van der Waals surface area contributed by atoms with Crippen LogP contribution in [0.15, 0.2) is 24.3 Å². The number of nitrogens with one attached hydrogen (secondary N) is 1. The first kappa shape index (κ1) is 18.2. The average molecular weight is 354 g/mol. The fourth-order valence-corrected chi connectivity index (χ4v) is 4.30. The van der Waals surface area contributed by atoms with Crippen LogP contribution in [0, 0.1) is 5.41 Å². The van der Waals surface area contributed by atoms with Gasteiger partial charge in [-0.3, -0.25) is 4.79 Å². The van der Waals surface area contributed by atoms with Gasteiger partial charge in [0.05, 0.1) is 11.0 Å². The third kappa shape index (κ3) is 3.05. The number of piperidine rings is 1. The Bertz CT molecular complexity index is 657. The first-order valence-electron chi connectivity index (χ1n) is 8.76. The molecule has 2 aliphatic rings. The lowest BCUT2D eigenvalue weighted by Gasteiger charge is -2.38. The Hall–Kier alpha value is -1.56. The van der Waals surface area contributed by atoms with Crippen molar-refractivity contribution in [2.45, 2.75) is 51.2 Å². The number of benzene rings is 1. The SMILES string of the molecule is CC(C)(C)N1C[C@H](c2ccccc2C(F)(F)F)[C@]2(CCCNC2)C1=O.